The molecule has 1 amide bonds. The van der Waals surface area contributed by atoms with E-state index in [0.29, 0.717) is 16.8 Å². The number of carbonyl (C=O) groups excluding carboxylic acids is 1. The largest absolute Gasteiger partial charge is 0.398 e. The van der Waals surface area contributed by atoms with Crippen LogP contribution < -0.4 is 5.32 Å². The van der Waals surface area contributed by atoms with Gasteiger partial charge in [0.25, 0.3) is 5.91 Å². The molecule has 1 N–H and O–H groups in total. The SMILES string of the molecule is CNC(=O)/C(=N/OC)c1cccc(C)c1CO/N=C(\C)c1ccc(C#N)cc1. The van der Waals surface area contributed by atoms with Crippen molar-refractivity contribution in [3.63, 3.8) is 0 Å². The topological polar surface area (TPSA) is 96.1 Å². The number of likely N-dealkylation sites (N-methyl/N-ethyl adjacent to an activating group) is 1. The van der Waals surface area contributed by atoms with Crippen LogP contribution in [0.4, 0.5) is 0 Å². The van der Waals surface area contributed by atoms with Gasteiger partial charge >= 0.3 is 0 Å². The van der Waals surface area contributed by atoms with Crippen molar-refractivity contribution in [2.75, 3.05) is 14.2 Å². The van der Waals surface area contributed by atoms with Gasteiger partial charge < -0.3 is 15.0 Å². The molecular weight excluding hydrogens is 356 g/mol. The zero-order chi connectivity index (χ0) is 20.5. The fourth-order valence-corrected chi connectivity index (χ4v) is 2.57. The van der Waals surface area contributed by atoms with Crippen molar-refractivity contribution >= 4 is 17.3 Å². The Balaban J connectivity index is 2.25. The number of nitrogens with one attached hydrogen (secondary N) is 1. The van der Waals surface area contributed by atoms with Crippen LogP contribution in [0, 0.1) is 18.3 Å². The van der Waals surface area contributed by atoms with Crippen LogP contribution in [0.1, 0.15) is 34.7 Å². The summed E-state index contributed by atoms with van der Waals surface area (Å²) in [5, 5.41) is 19.5. The Morgan fingerprint density at radius 1 is 1.18 bits per heavy atom. The minimum absolute atomic E-state index is 0.162. The standard InChI is InChI=1S/C21H22N4O3/c1-14-6-5-7-18(20(25-27-4)21(26)23-3)19(14)13-28-24-15(2)17-10-8-16(12-22)9-11-17/h5-11H,13H2,1-4H3,(H,23,26)/b24-15+,25-20+. The highest BCUT2D eigenvalue weighted by Gasteiger charge is 2.19. The number of carbonyl (C=O) groups is 1. The normalized spacial score (nSPS) is 11.5. The van der Waals surface area contributed by atoms with E-state index in [0.717, 1.165) is 16.7 Å². The van der Waals surface area contributed by atoms with Gasteiger partial charge in [-0.25, -0.2) is 0 Å². The first-order valence-electron chi connectivity index (χ1n) is 8.61. The van der Waals surface area contributed by atoms with E-state index in [4.69, 9.17) is 14.9 Å². The molecule has 0 radical (unpaired) electrons. The number of rotatable bonds is 7. The van der Waals surface area contributed by atoms with Crippen LogP contribution in [-0.4, -0.2) is 31.5 Å². The fraction of sp³-hybridized carbons (Fsp3) is 0.238. The lowest BCUT2D eigenvalue weighted by Gasteiger charge is -2.13. The van der Waals surface area contributed by atoms with E-state index >= 15 is 0 Å². The molecule has 0 saturated carbocycles. The lowest BCUT2D eigenvalue weighted by molar-refractivity contribution is -0.114. The molecule has 7 nitrogen and oxygen atoms in total. The van der Waals surface area contributed by atoms with E-state index in [2.05, 4.69) is 21.7 Å². The first-order valence-corrected chi connectivity index (χ1v) is 8.61. The fourth-order valence-electron chi connectivity index (χ4n) is 2.57. The number of oxime groups is 2. The molecular formula is C21H22N4O3. The molecule has 0 atom stereocenters. The number of amides is 1. The van der Waals surface area contributed by atoms with Crippen LogP contribution in [0.15, 0.2) is 52.8 Å². The monoisotopic (exact) mass is 378 g/mol. The van der Waals surface area contributed by atoms with Crippen LogP contribution in [0.25, 0.3) is 0 Å². The second kappa shape index (κ2) is 9.88. The van der Waals surface area contributed by atoms with Crippen molar-refractivity contribution < 1.29 is 14.5 Å². The summed E-state index contributed by atoms with van der Waals surface area (Å²) in [6, 6.07) is 14.7. The molecule has 2 aromatic carbocycles. The molecule has 0 saturated heterocycles. The molecule has 0 unspecified atom stereocenters. The lowest BCUT2D eigenvalue weighted by Crippen LogP contribution is -2.29. The predicted molar refractivity (Wildman–Crippen MR) is 107 cm³/mol. The summed E-state index contributed by atoms with van der Waals surface area (Å²) in [7, 11) is 2.92. The summed E-state index contributed by atoms with van der Waals surface area (Å²) in [6.07, 6.45) is 0. The van der Waals surface area contributed by atoms with Gasteiger partial charge in [-0.05, 0) is 37.1 Å². The molecule has 0 heterocycles. The zero-order valence-electron chi connectivity index (χ0n) is 16.3. The van der Waals surface area contributed by atoms with Crippen molar-refractivity contribution in [1.29, 1.82) is 5.26 Å². The molecule has 144 valence electrons. The van der Waals surface area contributed by atoms with Gasteiger partial charge in [0.15, 0.2) is 5.71 Å². The van der Waals surface area contributed by atoms with Crippen LogP contribution in [0.3, 0.4) is 0 Å². The molecule has 0 fully saturated rings. The zero-order valence-corrected chi connectivity index (χ0v) is 16.3. The van der Waals surface area contributed by atoms with Crippen molar-refractivity contribution in [1.82, 2.24) is 5.32 Å². The highest BCUT2D eigenvalue weighted by atomic mass is 16.6. The maximum Gasteiger partial charge on any atom is 0.273 e. The van der Waals surface area contributed by atoms with E-state index < -0.39 is 0 Å². The predicted octanol–water partition coefficient (Wildman–Crippen LogP) is 2.90. The van der Waals surface area contributed by atoms with Gasteiger partial charge in [-0.15, -0.1) is 0 Å². The van der Waals surface area contributed by atoms with E-state index in [1.807, 2.05) is 38.1 Å². The van der Waals surface area contributed by atoms with Gasteiger partial charge in [0, 0.05) is 18.2 Å². The summed E-state index contributed by atoms with van der Waals surface area (Å²) in [6.45, 7) is 3.91. The Kier molecular flexibility index (Phi) is 7.28. The minimum Gasteiger partial charge on any atom is -0.398 e. The average Bonchev–Trinajstić information content (AvgIpc) is 2.72. The first kappa shape index (κ1) is 20.6. The number of aryl methyl sites for hydroxylation is 1. The van der Waals surface area contributed by atoms with E-state index in [-0.39, 0.29) is 18.2 Å². The van der Waals surface area contributed by atoms with Crippen LogP contribution >= 0.6 is 0 Å². The maximum absolute atomic E-state index is 12.2. The summed E-state index contributed by atoms with van der Waals surface area (Å²) < 4.78 is 0. The van der Waals surface area contributed by atoms with E-state index in [9.17, 15) is 4.79 Å². The molecule has 2 rings (SSSR count). The van der Waals surface area contributed by atoms with Gasteiger partial charge in [0.2, 0.25) is 0 Å². The second-order valence-corrected chi connectivity index (χ2v) is 5.94. The molecule has 28 heavy (non-hydrogen) atoms. The Labute approximate surface area is 164 Å². The molecule has 0 aliphatic carbocycles. The maximum atomic E-state index is 12.2. The third-order valence-corrected chi connectivity index (χ3v) is 4.13. The van der Waals surface area contributed by atoms with Gasteiger partial charge in [0.1, 0.15) is 13.7 Å². The molecule has 2 aromatic rings. The smallest absolute Gasteiger partial charge is 0.273 e. The Morgan fingerprint density at radius 2 is 1.89 bits per heavy atom. The minimum atomic E-state index is -0.356. The number of hydrogen-bond donors (Lipinski definition) is 1. The average molecular weight is 378 g/mol. The van der Waals surface area contributed by atoms with Crippen LogP contribution in [0.5, 0.6) is 0 Å². The highest BCUT2D eigenvalue weighted by Crippen LogP contribution is 2.18. The second-order valence-electron chi connectivity index (χ2n) is 5.94. The number of hydrogen-bond acceptors (Lipinski definition) is 6. The summed E-state index contributed by atoms with van der Waals surface area (Å²) in [4.78, 5) is 22.6. The number of nitrogens with zero attached hydrogens (tertiary/aromatic N) is 3. The van der Waals surface area contributed by atoms with Crippen molar-refractivity contribution in [2.45, 2.75) is 20.5 Å². The number of benzene rings is 2. The molecule has 0 aliphatic heterocycles. The van der Waals surface area contributed by atoms with Gasteiger partial charge in [-0.2, -0.15) is 5.26 Å². The van der Waals surface area contributed by atoms with Crippen molar-refractivity contribution in [3.05, 3.63) is 70.3 Å². The number of nitriles is 1. The van der Waals surface area contributed by atoms with Crippen molar-refractivity contribution in [2.24, 2.45) is 10.3 Å². The third kappa shape index (κ3) is 4.95. The van der Waals surface area contributed by atoms with Crippen molar-refractivity contribution in [3.8, 4) is 6.07 Å². The third-order valence-electron chi connectivity index (χ3n) is 4.13. The summed E-state index contributed by atoms with van der Waals surface area (Å²) >= 11 is 0. The molecule has 0 aromatic heterocycles. The molecule has 0 spiro atoms. The van der Waals surface area contributed by atoms with E-state index in [1.54, 1.807) is 18.2 Å². The molecule has 0 bridgehead atoms. The van der Waals surface area contributed by atoms with E-state index in [1.165, 1.54) is 14.2 Å². The van der Waals surface area contributed by atoms with Crippen LogP contribution in [-0.2, 0) is 21.1 Å². The quantitative estimate of drug-likeness (QED) is 0.592. The summed E-state index contributed by atoms with van der Waals surface area (Å²) in [5.41, 5.74) is 4.64. The van der Waals surface area contributed by atoms with Crippen LogP contribution in [0.2, 0.25) is 0 Å². The molecule has 0 aliphatic rings. The Bertz CT molecular complexity index is 941. The lowest BCUT2D eigenvalue weighted by atomic mass is 9.98. The molecule has 7 heteroatoms. The van der Waals surface area contributed by atoms with Gasteiger partial charge in [-0.1, -0.05) is 40.6 Å². The Morgan fingerprint density at radius 3 is 2.50 bits per heavy atom. The van der Waals surface area contributed by atoms with Gasteiger partial charge in [0.05, 0.1) is 17.3 Å². The highest BCUT2D eigenvalue weighted by molar-refractivity contribution is 6.45. The van der Waals surface area contributed by atoms with Gasteiger partial charge in [-0.3, -0.25) is 4.79 Å². The Hall–Kier alpha value is -3.66. The first-order chi connectivity index (χ1) is 13.5. The summed E-state index contributed by atoms with van der Waals surface area (Å²) in [5.74, 6) is -0.356.